The number of rotatable bonds is 6. The highest BCUT2D eigenvalue weighted by Crippen LogP contribution is 2.50. The van der Waals surface area contributed by atoms with Crippen molar-refractivity contribution in [3.05, 3.63) is 217 Å². The predicted molar refractivity (Wildman–Crippen MR) is 243 cm³/mol. The van der Waals surface area contributed by atoms with Crippen molar-refractivity contribution in [2.75, 3.05) is 0 Å². The van der Waals surface area contributed by atoms with Gasteiger partial charge in [-0.15, -0.1) is 0 Å². The van der Waals surface area contributed by atoms with Crippen molar-refractivity contribution in [3.63, 3.8) is 0 Å². The van der Waals surface area contributed by atoms with Crippen LogP contribution in [0.25, 0.3) is 94.5 Å². The molecule has 274 valence electrons. The van der Waals surface area contributed by atoms with E-state index in [2.05, 4.69) is 225 Å². The number of nitrogens with zero attached hydrogens (tertiary/aromatic N) is 2. The Kier molecular flexibility index (Phi) is 7.87. The summed E-state index contributed by atoms with van der Waals surface area (Å²) in [5.74, 6) is 0. The average molecular weight is 741 g/mol. The molecule has 58 heavy (non-hydrogen) atoms. The summed E-state index contributed by atoms with van der Waals surface area (Å²) in [5.41, 5.74) is 20.1. The number of hydrogen-bond donors (Lipinski definition) is 0. The Morgan fingerprint density at radius 2 is 0.948 bits per heavy atom. The van der Waals surface area contributed by atoms with Gasteiger partial charge in [0.2, 0.25) is 0 Å². The fourth-order valence-electron chi connectivity index (χ4n) is 9.31. The molecule has 0 spiro atoms. The van der Waals surface area contributed by atoms with Gasteiger partial charge in [0.15, 0.2) is 0 Å². The largest absolute Gasteiger partial charge is 0.309 e. The zero-order valence-electron chi connectivity index (χ0n) is 32.5. The van der Waals surface area contributed by atoms with Gasteiger partial charge in [0.25, 0.3) is 0 Å². The molecule has 10 aromatic rings. The van der Waals surface area contributed by atoms with Crippen molar-refractivity contribution >= 4 is 21.8 Å². The molecule has 2 aromatic heterocycles. The van der Waals surface area contributed by atoms with Crippen molar-refractivity contribution in [1.29, 1.82) is 0 Å². The first kappa shape index (κ1) is 34.0. The number of fused-ring (bicyclic) bond motifs is 6. The van der Waals surface area contributed by atoms with E-state index in [0.717, 1.165) is 33.8 Å². The summed E-state index contributed by atoms with van der Waals surface area (Å²) in [4.78, 5) is 5.28. The maximum Gasteiger partial charge on any atom is 0.0716 e. The Morgan fingerprint density at radius 3 is 1.79 bits per heavy atom. The summed E-state index contributed by atoms with van der Waals surface area (Å²) in [6.07, 6.45) is 0. The van der Waals surface area contributed by atoms with Crippen LogP contribution in [0, 0.1) is 0 Å². The van der Waals surface area contributed by atoms with E-state index < -0.39 is 0 Å². The quantitative estimate of drug-likeness (QED) is 0.166. The minimum absolute atomic E-state index is 0.0535. The average Bonchev–Trinajstić information content (AvgIpc) is 3.75. The van der Waals surface area contributed by atoms with E-state index in [1.807, 2.05) is 0 Å². The van der Waals surface area contributed by atoms with Gasteiger partial charge in [0.05, 0.1) is 22.4 Å². The molecule has 0 unspecified atom stereocenters. The van der Waals surface area contributed by atoms with Crippen LogP contribution in [0.4, 0.5) is 0 Å². The fraction of sp³-hybridized carbons (Fsp3) is 0.0536. The monoisotopic (exact) mass is 740 g/mol. The van der Waals surface area contributed by atoms with Gasteiger partial charge in [0, 0.05) is 38.6 Å². The van der Waals surface area contributed by atoms with Crippen molar-refractivity contribution in [2.45, 2.75) is 19.3 Å². The minimum Gasteiger partial charge on any atom is -0.309 e. The normalized spacial score (nSPS) is 12.8. The molecular formula is C56H40N2. The number of para-hydroxylation sites is 2. The molecule has 0 fully saturated rings. The first-order chi connectivity index (χ1) is 28.5. The smallest absolute Gasteiger partial charge is 0.0716 e. The van der Waals surface area contributed by atoms with E-state index in [-0.39, 0.29) is 5.41 Å². The van der Waals surface area contributed by atoms with Crippen molar-refractivity contribution in [1.82, 2.24) is 9.55 Å². The molecule has 0 amide bonds. The number of aromatic nitrogens is 2. The molecule has 2 heteroatoms. The molecule has 2 heterocycles. The lowest BCUT2D eigenvalue weighted by atomic mass is 9.81. The molecule has 0 saturated heterocycles. The van der Waals surface area contributed by atoms with Gasteiger partial charge in [-0.05, 0) is 92.5 Å². The Balaban J connectivity index is 1.06. The summed E-state index contributed by atoms with van der Waals surface area (Å²) >= 11 is 0. The Bertz CT molecular complexity index is 3130. The molecule has 0 N–H and O–H groups in total. The van der Waals surface area contributed by atoms with Crippen LogP contribution in [0.3, 0.4) is 0 Å². The summed E-state index contributed by atoms with van der Waals surface area (Å²) in [5, 5.41) is 2.47. The zero-order valence-corrected chi connectivity index (χ0v) is 32.5. The van der Waals surface area contributed by atoms with Crippen LogP contribution in [0.2, 0.25) is 0 Å². The van der Waals surface area contributed by atoms with Crippen LogP contribution in [0.15, 0.2) is 206 Å². The van der Waals surface area contributed by atoms with Crippen LogP contribution < -0.4 is 0 Å². The maximum atomic E-state index is 5.28. The third-order valence-corrected chi connectivity index (χ3v) is 12.2. The molecule has 0 radical (unpaired) electrons. The predicted octanol–water partition coefficient (Wildman–Crippen LogP) is 14.8. The highest BCUT2D eigenvalue weighted by molar-refractivity contribution is 6.14. The van der Waals surface area contributed by atoms with Gasteiger partial charge in [-0.2, -0.15) is 0 Å². The standard InChI is InChI=1S/C56H40N2/c1-56(2)50-28-11-9-24-46(50)47-31-30-40(34-51(47)56)39-20-13-21-41(32-39)45-26-15-27-49-48-25-10-12-29-54(48)58(55(45)49)44-23-14-22-42(33-44)53-36-43(37-16-5-3-6-17-37)35-52(57-53)38-18-7-4-8-19-38/h3-36H,1-2H3. The van der Waals surface area contributed by atoms with E-state index in [4.69, 9.17) is 4.98 Å². The van der Waals surface area contributed by atoms with Crippen molar-refractivity contribution in [2.24, 2.45) is 0 Å². The highest BCUT2D eigenvalue weighted by Gasteiger charge is 2.35. The van der Waals surface area contributed by atoms with Crippen molar-refractivity contribution in [3.8, 4) is 72.7 Å². The van der Waals surface area contributed by atoms with E-state index in [9.17, 15) is 0 Å². The van der Waals surface area contributed by atoms with Gasteiger partial charge in [-0.25, -0.2) is 4.98 Å². The first-order valence-electron chi connectivity index (χ1n) is 20.1. The third kappa shape index (κ3) is 5.52. The SMILES string of the molecule is CC1(C)c2ccccc2-c2ccc(-c3cccc(-c4cccc5c6ccccc6n(-c6cccc(-c7cc(-c8ccccc8)cc(-c8ccccc8)n7)c6)c45)c3)cc21. The van der Waals surface area contributed by atoms with E-state index in [1.165, 1.54) is 71.9 Å². The molecule has 11 rings (SSSR count). The molecule has 0 atom stereocenters. The number of pyridine rings is 1. The number of benzene rings is 8. The lowest BCUT2D eigenvalue weighted by Gasteiger charge is -2.22. The maximum absolute atomic E-state index is 5.28. The highest BCUT2D eigenvalue weighted by atomic mass is 15.0. The van der Waals surface area contributed by atoms with Crippen LogP contribution in [-0.4, -0.2) is 9.55 Å². The second kappa shape index (κ2) is 13.4. The molecule has 0 aliphatic heterocycles. The molecule has 8 aromatic carbocycles. The Morgan fingerprint density at radius 1 is 0.362 bits per heavy atom. The summed E-state index contributed by atoms with van der Waals surface area (Å²) in [6, 6.07) is 74.9. The van der Waals surface area contributed by atoms with Gasteiger partial charge in [-0.3, -0.25) is 0 Å². The van der Waals surface area contributed by atoms with Crippen LogP contribution >= 0.6 is 0 Å². The molecule has 0 bridgehead atoms. The first-order valence-corrected chi connectivity index (χ1v) is 20.1. The van der Waals surface area contributed by atoms with Crippen LogP contribution in [0.5, 0.6) is 0 Å². The molecular weight excluding hydrogens is 701 g/mol. The summed E-state index contributed by atoms with van der Waals surface area (Å²) < 4.78 is 2.45. The molecule has 0 saturated carbocycles. The fourth-order valence-corrected chi connectivity index (χ4v) is 9.31. The van der Waals surface area contributed by atoms with Crippen LogP contribution in [-0.2, 0) is 5.41 Å². The van der Waals surface area contributed by atoms with Gasteiger partial charge < -0.3 is 4.57 Å². The summed E-state index contributed by atoms with van der Waals surface area (Å²) in [7, 11) is 0. The zero-order chi connectivity index (χ0) is 38.8. The second-order valence-electron chi connectivity index (χ2n) is 16.0. The summed E-state index contributed by atoms with van der Waals surface area (Å²) in [6.45, 7) is 4.70. The van der Waals surface area contributed by atoms with Crippen molar-refractivity contribution < 1.29 is 0 Å². The lowest BCUT2D eigenvalue weighted by Crippen LogP contribution is -2.14. The van der Waals surface area contributed by atoms with E-state index in [0.29, 0.717) is 0 Å². The third-order valence-electron chi connectivity index (χ3n) is 12.2. The Labute approximate surface area is 339 Å². The van der Waals surface area contributed by atoms with Gasteiger partial charge in [-0.1, -0.05) is 178 Å². The molecule has 2 nitrogen and oxygen atoms in total. The Hall–Kier alpha value is -7.29. The topological polar surface area (TPSA) is 17.8 Å². The minimum atomic E-state index is -0.0535. The number of hydrogen-bond acceptors (Lipinski definition) is 1. The van der Waals surface area contributed by atoms with E-state index in [1.54, 1.807) is 0 Å². The molecule has 1 aliphatic rings. The van der Waals surface area contributed by atoms with Crippen LogP contribution in [0.1, 0.15) is 25.0 Å². The lowest BCUT2D eigenvalue weighted by molar-refractivity contribution is 0.660. The van der Waals surface area contributed by atoms with Gasteiger partial charge in [0.1, 0.15) is 0 Å². The van der Waals surface area contributed by atoms with E-state index >= 15 is 0 Å². The molecule has 1 aliphatic carbocycles. The van der Waals surface area contributed by atoms with Gasteiger partial charge >= 0.3 is 0 Å². The second-order valence-corrected chi connectivity index (χ2v) is 16.0.